The molecule has 0 aliphatic carbocycles. The van der Waals surface area contributed by atoms with E-state index in [-0.39, 0.29) is 5.56 Å². The maximum absolute atomic E-state index is 12.4. The second kappa shape index (κ2) is 7.65. The van der Waals surface area contributed by atoms with Gasteiger partial charge in [-0.3, -0.25) is 9.59 Å². The Hall–Kier alpha value is -3.41. The van der Waals surface area contributed by atoms with Gasteiger partial charge in [-0.15, -0.1) is 0 Å². The van der Waals surface area contributed by atoms with Crippen molar-refractivity contribution in [1.82, 2.24) is 10.3 Å². The summed E-state index contributed by atoms with van der Waals surface area (Å²) in [4.78, 5) is 39.0. The van der Waals surface area contributed by atoms with Crippen LogP contribution in [0.25, 0.3) is 10.9 Å². The van der Waals surface area contributed by atoms with Crippen molar-refractivity contribution in [3.8, 4) is 0 Å². The van der Waals surface area contributed by atoms with Gasteiger partial charge in [0, 0.05) is 23.5 Å². The van der Waals surface area contributed by atoms with Crippen molar-refractivity contribution in [3.63, 3.8) is 0 Å². The van der Waals surface area contributed by atoms with E-state index in [9.17, 15) is 14.4 Å². The Morgan fingerprint density at radius 3 is 2.54 bits per heavy atom. The summed E-state index contributed by atoms with van der Waals surface area (Å²) in [5, 5.41) is 3.28. The Morgan fingerprint density at radius 1 is 1.08 bits per heavy atom. The Labute approximate surface area is 149 Å². The number of amides is 1. The van der Waals surface area contributed by atoms with Crippen molar-refractivity contribution < 1.29 is 14.3 Å². The van der Waals surface area contributed by atoms with Gasteiger partial charge in [-0.2, -0.15) is 0 Å². The molecule has 0 bridgehead atoms. The molecule has 2 N–H and O–H groups in total. The third-order valence-electron chi connectivity index (χ3n) is 3.93. The van der Waals surface area contributed by atoms with Crippen LogP contribution in [0.3, 0.4) is 0 Å². The van der Waals surface area contributed by atoms with E-state index in [1.165, 1.54) is 13.0 Å². The first kappa shape index (κ1) is 17.4. The number of benzene rings is 2. The van der Waals surface area contributed by atoms with Crippen molar-refractivity contribution in [3.05, 3.63) is 82.1 Å². The molecule has 0 aliphatic rings. The van der Waals surface area contributed by atoms with Gasteiger partial charge in [0.15, 0.2) is 6.10 Å². The van der Waals surface area contributed by atoms with Crippen molar-refractivity contribution in [2.24, 2.45) is 0 Å². The molecule has 0 saturated carbocycles. The van der Waals surface area contributed by atoms with E-state index in [1.54, 1.807) is 24.3 Å². The lowest BCUT2D eigenvalue weighted by Crippen LogP contribution is -2.35. The summed E-state index contributed by atoms with van der Waals surface area (Å²) in [5.74, 6) is -1.12. The van der Waals surface area contributed by atoms with Gasteiger partial charge in [0.05, 0.1) is 5.56 Å². The van der Waals surface area contributed by atoms with E-state index < -0.39 is 23.5 Å². The zero-order valence-electron chi connectivity index (χ0n) is 14.2. The number of carbonyl (C=O) groups is 2. The third kappa shape index (κ3) is 3.97. The van der Waals surface area contributed by atoms with E-state index in [0.717, 1.165) is 5.56 Å². The van der Waals surface area contributed by atoms with Gasteiger partial charge in [-0.25, -0.2) is 4.79 Å². The quantitative estimate of drug-likeness (QED) is 0.692. The monoisotopic (exact) mass is 350 g/mol. The fourth-order valence-electron chi connectivity index (χ4n) is 2.58. The molecular weight excluding hydrogens is 332 g/mol. The average molecular weight is 350 g/mol. The number of hydrogen-bond acceptors (Lipinski definition) is 4. The molecule has 3 rings (SSSR count). The predicted molar refractivity (Wildman–Crippen MR) is 97.7 cm³/mol. The number of carbonyl (C=O) groups excluding carboxylic acids is 2. The molecule has 6 nitrogen and oxygen atoms in total. The van der Waals surface area contributed by atoms with Crippen molar-refractivity contribution in [1.29, 1.82) is 0 Å². The number of pyridine rings is 1. The molecular formula is C20H18N2O4. The summed E-state index contributed by atoms with van der Waals surface area (Å²) < 4.78 is 5.25. The van der Waals surface area contributed by atoms with Gasteiger partial charge >= 0.3 is 5.97 Å². The highest BCUT2D eigenvalue weighted by Gasteiger charge is 2.20. The van der Waals surface area contributed by atoms with Gasteiger partial charge in [0.1, 0.15) is 0 Å². The number of esters is 1. The minimum atomic E-state index is -0.982. The molecule has 1 aromatic heterocycles. The highest BCUT2D eigenvalue weighted by molar-refractivity contribution is 6.03. The average Bonchev–Trinajstić information content (AvgIpc) is 2.66. The predicted octanol–water partition coefficient (Wildman–Crippen LogP) is 2.39. The molecule has 3 aromatic rings. The first-order valence-corrected chi connectivity index (χ1v) is 8.19. The largest absolute Gasteiger partial charge is 0.449 e. The van der Waals surface area contributed by atoms with Crippen LogP contribution in [-0.4, -0.2) is 23.0 Å². The SMILES string of the molecule is C[C@H](OC(=O)c1cc(=O)[nH]c2ccccc12)C(=O)NCc1ccccc1. The number of nitrogens with one attached hydrogen (secondary N) is 2. The molecule has 6 heteroatoms. The number of ether oxygens (including phenoxy) is 1. The van der Waals surface area contributed by atoms with Crippen molar-refractivity contribution in [2.75, 3.05) is 0 Å². The molecule has 1 amide bonds. The topological polar surface area (TPSA) is 88.3 Å². The number of para-hydroxylation sites is 1. The number of hydrogen-bond donors (Lipinski definition) is 2. The Kier molecular flexibility index (Phi) is 5.12. The van der Waals surface area contributed by atoms with Crippen LogP contribution in [0, 0.1) is 0 Å². The molecule has 2 aromatic carbocycles. The highest BCUT2D eigenvalue weighted by atomic mass is 16.5. The molecule has 0 radical (unpaired) electrons. The van der Waals surface area contributed by atoms with E-state index in [2.05, 4.69) is 10.3 Å². The van der Waals surface area contributed by atoms with Gasteiger partial charge in [-0.05, 0) is 18.6 Å². The Bertz CT molecular complexity index is 995. The highest BCUT2D eigenvalue weighted by Crippen LogP contribution is 2.16. The summed E-state index contributed by atoms with van der Waals surface area (Å²) >= 11 is 0. The lowest BCUT2D eigenvalue weighted by Gasteiger charge is -2.14. The fourth-order valence-corrected chi connectivity index (χ4v) is 2.58. The van der Waals surface area contributed by atoms with Crippen LogP contribution < -0.4 is 10.9 Å². The molecule has 0 aliphatic heterocycles. The normalized spacial score (nSPS) is 11.7. The van der Waals surface area contributed by atoms with Crippen LogP contribution in [0.2, 0.25) is 0 Å². The van der Waals surface area contributed by atoms with Gasteiger partial charge in [0.2, 0.25) is 5.56 Å². The number of H-pyrrole nitrogens is 1. The van der Waals surface area contributed by atoms with E-state index in [1.807, 2.05) is 30.3 Å². The maximum atomic E-state index is 12.4. The summed E-state index contributed by atoms with van der Waals surface area (Å²) in [7, 11) is 0. The molecule has 1 heterocycles. The number of aromatic amines is 1. The Morgan fingerprint density at radius 2 is 1.77 bits per heavy atom. The lowest BCUT2D eigenvalue weighted by molar-refractivity contribution is -0.129. The van der Waals surface area contributed by atoms with Gasteiger partial charge in [0.25, 0.3) is 5.91 Å². The minimum absolute atomic E-state index is 0.132. The molecule has 26 heavy (non-hydrogen) atoms. The first-order valence-electron chi connectivity index (χ1n) is 8.19. The third-order valence-corrected chi connectivity index (χ3v) is 3.93. The van der Waals surface area contributed by atoms with Crippen LogP contribution in [0.1, 0.15) is 22.8 Å². The molecule has 0 unspecified atom stereocenters. The van der Waals surface area contributed by atoms with E-state index >= 15 is 0 Å². The van der Waals surface area contributed by atoms with Gasteiger partial charge in [-0.1, -0.05) is 48.5 Å². The van der Waals surface area contributed by atoms with Gasteiger partial charge < -0.3 is 15.0 Å². The molecule has 1 atom stereocenters. The summed E-state index contributed by atoms with van der Waals surface area (Å²) in [6, 6.07) is 17.5. The van der Waals surface area contributed by atoms with E-state index in [4.69, 9.17) is 4.74 Å². The first-order chi connectivity index (χ1) is 12.5. The summed E-state index contributed by atoms with van der Waals surface area (Å²) in [5.41, 5.74) is 1.21. The number of fused-ring (bicyclic) bond motifs is 1. The molecule has 0 spiro atoms. The molecule has 132 valence electrons. The number of aromatic nitrogens is 1. The van der Waals surface area contributed by atoms with E-state index in [0.29, 0.717) is 17.4 Å². The minimum Gasteiger partial charge on any atom is -0.449 e. The van der Waals surface area contributed by atoms with Crippen molar-refractivity contribution in [2.45, 2.75) is 19.6 Å². The van der Waals surface area contributed by atoms with Crippen LogP contribution in [0.5, 0.6) is 0 Å². The maximum Gasteiger partial charge on any atom is 0.339 e. The fraction of sp³-hybridized carbons (Fsp3) is 0.150. The second-order valence-corrected chi connectivity index (χ2v) is 5.84. The zero-order valence-corrected chi connectivity index (χ0v) is 14.2. The zero-order chi connectivity index (χ0) is 18.5. The summed E-state index contributed by atoms with van der Waals surface area (Å²) in [6.07, 6.45) is -0.982. The standard InChI is InChI=1S/C20H18N2O4/c1-13(19(24)21-12-14-7-3-2-4-8-14)26-20(25)16-11-18(23)22-17-10-6-5-9-15(16)17/h2-11,13H,12H2,1H3,(H,21,24)(H,22,23)/t13-/m0/s1. The van der Waals surface area contributed by atoms with Crippen LogP contribution in [-0.2, 0) is 16.1 Å². The number of rotatable bonds is 5. The smallest absolute Gasteiger partial charge is 0.339 e. The lowest BCUT2D eigenvalue weighted by atomic mass is 10.1. The molecule has 0 saturated heterocycles. The second-order valence-electron chi connectivity index (χ2n) is 5.84. The van der Waals surface area contributed by atoms with Crippen LogP contribution >= 0.6 is 0 Å². The van der Waals surface area contributed by atoms with Crippen molar-refractivity contribution >= 4 is 22.8 Å². The molecule has 0 fully saturated rings. The summed E-state index contributed by atoms with van der Waals surface area (Å²) in [6.45, 7) is 1.84. The van der Waals surface area contributed by atoms with Crippen LogP contribution in [0.4, 0.5) is 0 Å². The van der Waals surface area contributed by atoms with Crippen LogP contribution in [0.15, 0.2) is 65.5 Å². The Balaban J connectivity index is 1.69.